The molecule has 19 heavy (non-hydrogen) atoms. The Morgan fingerprint density at radius 1 is 1.42 bits per heavy atom. The van der Waals surface area contributed by atoms with E-state index in [0.717, 1.165) is 18.4 Å². The van der Waals surface area contributed by atoms with Crippen molar-refractivity contribution in [3.63, 3.8) is 0 Å². The lowest BCUT2D eigenvalue weighted by Gasteiger charge is -2.04. The number of guanidine groups is 1. The first-order chi connectivity index (χ1) is 8.45. The monoisotopic (exact) mass is 396 g/mol. The Labute approximate surface area is 129 Å². The number of benzene rings is 1. The van der Waals surface area contributed by atoms with E-state index in [2.05, 4.69) is 10.3 Å². The third-order valence-corrected chi connectivity index (χ3v) is 3.50. The number of halogens is 1. The lowest BCUT2D eigenvalue weighted by molar-refractivity contribution is 0.597. The van der Waals surface area contributed by atoms with Crippen molar-refractivity contribution in [2.75, 3.05) is 0 Å². The highest BCUT2D eigenvalue weighted by molar-refractivity contribution is 14.0. The zero-order valence-corrected chi connectivity index (χ0v) is 13.4. The molecular formula is C11H17IN4O2S. The van der Waals surface area contributed by atoms with Crippen molar-refractivity contribution in [1.82, 2.24) is 5.32 Å². The maximum absolute atomic E-state index is 11.2. The van der Waals surface area contributed by atoms with Crippen LogP contribution in [0.3, 0.4) is 0 Å². The summed E-state index contributed by atoms with van der Waals surface area (Å²) >= 11 is 0. The van der Waals surface area contributed by atoms with Crippen LogP contribution in [0.15, 0.2) is 34.2 Å². The molecule has 1 aromatic carbocycles. The summed E-state index contributed by atoms with van der Waals surface area (Å²) in [5.41, 5.74) is 6.43. The molecule has 8 heteroatoms. The normalized spacial score (nSPS) is 15.7. The molecule has 0 atom stereocenters. The summed E-state index contributed by atoms with van der Waals surface area (Å²) in [5, 5.41) is 8.11. The highest BCUT2D eigenvalue weighted by atomic mass is 127. The standard InChI is InChI=1S/C11H16N4O2S.HI/c12-11(15-9-4-5-9)14-7-8-2-1-3-10(6-8)18(13,16)17;/h1-3,6,9H,4-5,7H2,(H3,12,14,15)(H2,13,16,17);1H. The van der Waals surface area contributed by atoms with Gasteiger partial charge in [0, 0.05) is 6.04 Å². The molecule has 1 aliphatic carbocycles. The summed E-state index contributed by atoms with van der Waals surface area (Å²) in [5.74, 6) is 0.388. The fourth-order valence-electron chi connectivity index (χ4n) is 1.48. The Kier molecular flexibility index (Phi) is 5.56. The van der Waals surface area contributed by atoms with Gasteiger partial charge in [-0.25, -0.2) is 18.5 Å². The lowest BCUT2D eigenvalue weighted by atomic mass is 10.2. The molecule has 0 unspecified atom stereocenters. The van der Waals surface area contributed by atoms with Crippen molar-refractivity contribution in [3.8, 4) is 0 Å². The second-order valence-corrected chi connectivity index (χ2v) is 5.87. The third kappa shape index (κ3) is 5.33. The molecule has 1 saturated carbocycles. The Bertz CT molecular complexity index is 570. The van der Waals surface area contributed by atoms with E-state index in [1.165, 1.54) is 12.1 Å². The summed E-state index contributed by atoms with van der Waals surface area (Å²) in [7, 11) is -3.67. The van der Waals surface area contributed by atoms with Gasteiger partial charge < -0.3 is 11.1 Å². The van der Waals surface area contributed by atoms with E-state index in [-0.39, 0.29) is 28.9 Å². The first kappa shape index (κ1) is 16.2. The second-order valence-electron chi connectivity index (χ2n) is 4.31. The molecule has 6 nitrogen and oxygen atoms in total. The fraction of sp³-hybridized carbons (Fsp3) is 0.364. The van der Waals surface area contributed by atoms with Crippen LogP contribution in [0.4, 0.5) is 0 Å². The summed E-state index contributed by atoms with van der Waals surface area (Å²) in [4.78, 5) is 4.23. The average Bonchev–Trinajstić information content (AvgIpc) is 3.10. The van der Waals surface area contributed by atoms with Crippen molar-refractivity contribution < 1.29 is 8.42 Å². The first-order valence-corrected chi connectivity index (χ1v) is 7.18. The largest absolute Gasteiger partial charge is 0.370 e. The number of primary sulfonamides is 1. The smallest absolute Gasteiger partial charge is 0.238 e. The van der Waals surface area contributed by atoms with E-state index in [0.29, 0.717) is 18.5 Å². The van der Waals surface area contributed by atoms with Gasteiger partial charge in [0.1, 0.15) is 0 Å². The van der Waals surface area contributed by atoms with Crippen molar-refractivity contribution >= 4 is 40.0 Å². The minimum absolute atomic E-state index is 0. The van der Waals surface area contributed by atoms with Crippen LogP contribution in [-0.2, 0) is 16.6 Å². The highest BCUT2D eigenvalue weighted by Gasteiger charge is 2.21. The van der Waals surface area contributed by atoms with Gasteiger partial charge >= 0.3 is 0 Å². The van der Waals surface area contributed by atoms with Crippen molar-refractivity contribution in [2.24, 2.45) is 15.9 Å². The molecule has 5 N–H and O–H groups in total. The van der Waals surface area contributed by atoms with Crippen molar-refractivity contribution in [2.45, 2.75) is 30.3 Å². The number of nitrogens with two attached hydrogens (primary N) is 2. The number of hydrogen-bond acceptors (Lipinski definition) is 3. The van der Waals surface area contributed by atoms with Gasteiger partial charge in [0.2, 0.25) is 10.0 Å². The molecule has 0 aromatic heterocycles. The minimum Gasteiger partial charge on any atom is -0.370 e. The van der Waals surface area contributed by atoms with Crippen molar-refractivity contribution in [3.05, 3.63) is 29.8 Å². The van der Waals surface area contributed by atoms with Gasteiger partial charge in [-0.3, -0.25) is 0 Å². The van der Waals surface area contributed by atoms with Gasteiger partial charge in [-0.1, -0.05) is 12.1 Å². The summed E-state index contributed by atoms with van der Waals surface area (Å²) in [6.45, 7) is 0.328. The molecule has 106 valence electrons. The highest BCUT2D eigenvalue weighted by Crippen LogP contribution is 2.18. The summed E-state index contributed by atoms with van der Waals surface area (Å²) in [6, 6.07) is 6.82. The number of sulfonamides is 1. The average molecular weight is 396 g/mol. The van der Waals surface area contributed by atoms with E-state index in [1.54, 1.807) is 12.1 Å². The molecular weight excluding hydrogens is 379 g/mol. The Morgan fingerprint density at radius 2 is 2.11 bits per heavy atom. The Balaban J connectivity index is 0.00000180. The predicted molar refractivity (Wildman–Crippen MR) is 84.7 cm³/mol. The third-order valence-electron chi connectivity index (χ3n) is 2.59. The molecule has 0 aliphatic heterocycles. The molecule has 0 radical (unpaired) electrons. The topological polar surface area (TPSA) is 111 Å². The van der Waals surface area contributed by atoms with E-state index in [9.17, 15) is 8.42 Å². The second kappa shape index (κ2) is 6.53. The zero-order valence-electron chi connectivity index (χ0n) is 10.2. The van der Waals surface area contributed by atoms with Crippen LogP contribution < -0.4 is 16.2 Å². The molecule has 1 aliphatic rings. The molecule has 1 fully saturated rings. The van der Waals surface area contributed by atoms with E-state index < -0.39 is 10.0 Å². The number of hydrogen-bond donors (Lipinski definition) is 3. The maximum Gasteiger partial charge on any atom is 0.238 e. The van der Waals surface area contributed by atoms with E-state index >= 15 is 0 Å². The summed E-state index contributed by atoms with van der Waals surface area (Å²) in [6.07, 6.45) is 2.24. The SMILES string of the molecule is I.NC(=NCc1cccc(S(N)(=O)=O)c1)NC1CC1. The van der Waals surface area contributed by atoms with Crippen LogP contribution in [0.5, 0.6) is 0 Å². The van der Waals surface area contributed by atoms with Crippen LogP contribution in [0.25, 0.3) is 0 Å². The lowest BCUT2D eigenvalue weighted by Crippen LogP contribution is -2.33. The van der Waals surface area contributed by atoms with Gasteiger partial charge in [0.15, 0.2) is 5.96 Å². The van der Waals surface area contributed by atoms with E-state index in [4.69, 9.17) is 10.9 Å². The van der Waals surface area contributed by atoms with Gasteiger partial charge in [-0.15, -0.1) is 24.0 Å². The quantitative estimate of drug-likeness (QED) is 0.392. The Morgan fingerprint density at radius 3 is 2.68 bits per heavy atom. The van der Waals surface area contributed by atoms with E-state index in [1.807, 2.05) is 0 Å². The molecule has 2 rings (SSSR count). The molecule has 1 aromatic rings. The van der Waals surface area contributed by atoms with Crippen LogP contribution in [0, 0.1) is 0 Å². The molecule has 0 bridgehead atoms. The Hall–Kier alpha value is -0.870. The number of nitrogens with zero attached hydrogens (tertiary/aromatic N) is 1. The summed E-state index contributed by atoms with van der Waals surface area (Å²) < 4.78 is 22.4. The van der Waals surface area contributed by atoms with Crippen molar-refractivity contribution in [1.29, 1.82) is 0 Å². The molecule has 0 amide bonds. The fourth-order valence-corrected chi connectivity index (χ4v) is 2.06. The minimum atomic E-state index is -3.67. The molecule has 0 saturated heterocycles. The molecule has 0 spiro atoms. The molecule has 0 heterocycles. The predicted octanol–water partition coefficient (Wildman–Crippen LogP) is 0.519. The zero-order chi connectivity index (χ0) is 13.2. The van der Waals surface area contributed by atoms with Crippen LogP contribution in [0.1, 0.15) is 18.4 Å². The van der Waals surface area contributed by atoms with Crippen LogP contribution in [-0.4, -0.2) is 20.4 Å². The first-order valence-electron chi connectivity index (χ1n) is 5.63. The van der Waals surface area contributed by atoms with Gasteiger partial charge in [0.05, 0.1) is 11.4 Å². The number of nitrogens with one attached hydrogen (secondary N) is 1. The number of aliphatic imine (C=N–C) groups is 1. The van der Waals surface area contributed by atoms with Gasteiger partial charge in [-0.2, -0.15) is 0 Å². The maximum atomic E-state index is 11.2. The van der Waals surface area contributed by atoms with Gasteiger partial charge in [-0.05, 0) is 30.5 Å². The van der Waals surface area contributed by atoms with Crippen LogP contribution >= 0.6 is 24.0 Å². The van der Waals surface area contributed by atoms with Gasteiger partial charge in [0.25, 0.3) is 0 Å². The van der Waals surface area contributed by atoms with Crippen LogP contribution in [0.2, 0.25) is 0 Å². The number of rotatable bonds is 4.